The Hall–Kier alpha value is -1.46. The molecule has 144 valence electrons. The minimum atomic E-state index is -1.34. The number of rotatable bonds is 5. The Bertz CT molecular complexity index is 628. The van der Waals surface area contributed by atoms with Crippen LogP contribution in [0.25, 0.3) is 0 Å². The lowest BCUT2D eigenvalue weighted by Gasteiger charge is -2.43. The second kappa shape index (κ2) is 8.05. The largest absolute Gasteiger partial charge is 0.379 e. The molecule has 0 aliphatic carbocycles. The van der Waals surface area contributed by atoms with Gasteiger partial charge in [-0.3, -0.25) is 9.69 Å². The zero-order valence-electron chi connectivity index (χ0n) is 16.0. The summed E-state index contributed by atoms with van der Waals surface area (Å²) in [6, 6.07) is 6.54. The Morgan fingerprint density at radius 3 is 2.58 bits per heavy atom. The lowest BCUT2D eigenvalue weighted by Crippen LogP contribution is -2.59. The molecule has 0 saturated carbocycles. The van der Waals surface area contributed by atoms with E-state index in [1.165, 1.54) is 6.07 Å². The number of hydrogen-bond acceptors (Lipinski definition) is 3. The normalized spacial score (nSPS) is 25.9. The van der Waals surface area contributed by atoms with E-state index >= 15 is 0 Å². The second-order valence-corrected chi connectivity index (χ2v) is 8.31. The van der Waals surface area contributed by atoms with Crippen LogP contribution in [0.2, 0.25) is 0 Å². The number of benzene rings is 1. The molecule has 2 saturated heterocycles. The number of halogens is 1. The summed E-state index contributed by atoms with van der Waals surface area (Å²) < 4.78 is 13.9. The third-order valence-electron chi connectivity index (χ3n) is 6.08. The monoisotopic (exact) mass is 362 g/mol. The van der Waals surface area contributed by atoms with Crippen LogP contribution >= 0.6 is 0 Å². The predicted octanol–water partition coefficient (Wildman–Crippen LogP) is 3.05. The zero-order valence-corrected chi connectivity index (χ0v) is 16.0. The van der Waals surface area contributed by atoms with Crippen molar-refractivity contribution in [3.05, 3.63) is 35.6 Å². The molecule has 0 spiro atoms. The average molecular weight is 362 g/mol. The van der Waals surface area contributed by atoms with E-state index in [2.05, 4.69) is 18.7 Å². The number of likely N-dealkylation sites (tertiary alicyclic amines) is 2. The standard InChI is InChI=1S/C21H31FN2O2/c1-16(2)17-8-12-23(13-9-17)15-21(26)10-5-11-24(20(21)25)14-18-6-3-4-7-19(18)22/h3-4,6-7,16-17,26H,5,8-15H2,1-2H3/t21-/m0/s1. The highest BCUT2D eigenvalue weighted by atomic mass is 19.1. The molecule has 1 N–H and O–H groups in total. The molecule has 0 aromatic heterocycles. The van der Waals surface area contributed by atoms with E-state index < -0.39 is 5.60 Å². The smallest absolute Gasteiger partial charge is 0.256 e. The SMILES string of the molecule is CC(C)C1CCN(C[C@@]2(O)CCCN(Cc3ccccc3F)C2=O)CC1. The summed E-state index contributed by atoms with van der Waals surface area (Å²) in [4.78, 5) is 16.8. The summed E-state index contributed by atoms with van der Waals surface area (Å²) in [6.45, 7) is 7.59. The lowest BCUT2D eigenvalue weighted by molar-refractivity contribution is -0.160. The van der Waals surface area contributed by atoms with Gasteiger partial charge in [0.25, 0.3) is 5.91 Å². The molecule has 2 aliphatic rings. The summed E-state index contributed by atoms with van der Waals surface area (Å²) in [6.07, 6.45) is 3.49. The van der Waals surface area contributed by atoms with E-state index in [1.807, 2.05) is 0 Å². The molecule has 4 nitrogen and oxygen atoms in total. The van der Waals surface area contributed by atoms with Crippen LogP contribution in [0.5, 0.6) is 0 Å². The van der Waals surface area contributed by atoms with Gasteiger partial charge < -0.3 is 10.0 Å². The van der Waals surface area contributed by atoms with Gasteiger partial charge in [0.05, 0.1) is 0 Å². The van der Waals surface area contributed by atoms with Crippen molar-refractivity contribution in [1.29, 1.82) is 0 Å². The minimum Gasteiger partial charge on any atom is -0.379 e. The van der Waals surface area contributed by atoms with Crippen LogP contribution in [0.4, 0.5) is 4.39 Å². The Kier molecular flexibility index (Phi) is 5.98. The molecule has 2 aliphatic heterocycles. The first-order valence-corrected chi connectivity index (χ1v) is 9.86. The molecule has 0 bridgehead atoms. The number of aliphatic hydroxyl groups is 1. The van der Waals surface area contributed by atoms with E-state index in [9.17, 15) is 14.3 Å². The maximum Gasteiger partial charge on any atom is 0.256 e. The van der Waals surface area contributed by atoms with Crippen molar-refractivity contribution in [2.45, 2.75) is 51.7 Å². The zero-order chi connectivity index (χ0) is 18.7. The van der Waals surface area contributed by atoms with Gasteiger partial charge >= 0.3 is 0 Å². The number of piperidine rings is 2. The summed E-state index contributed by atoms with van der Waals surface area (Å²) >= 11 is 0. The van der Waals surface area contributed by atoms with Gasteiger partial charge in [-0.2, -0.15) is 0 Å². The molecule has 1 aromatic carbocycles. The summed E-state index contributed by atoms with van der Waals surface area (Å²) in [5.41, 5.74) is -0.836. The van der Waals surface area contributed by atoms with Gasteiger partial charge in [-0.25, -0.2) is 4.39 Å². The van der Waals surface area contributed by atoms with E-state index in [0.29, 0.717) is 31.0 Å². The third kappa shape index (κ3) is 4.26. The van der Waals surface area contributed by atoms with Crippen LogP contribution in [0.15, 0.2) is 24.3 Å². The van der Waals surface area contributed by atoms with Crippen LogP contribution in [0.1, 0.15) is 45.1 Å². The quantitative estimate of drug-likeness (QED) is 0.876. The molecule has 3 rings (SSSR count). The molecular weight excluding hydrogens is 331 g/mol. The number of amides is 1. The van der Waals surface area contributed by atoms with Gasteiger partial charge in [-0.1, -0.05) is 32.0 Å². The number of β-amino-alcohol motifs (C(OH)–C–C–N with tert-alkyl or cyclic N) is 1. The number of carbonyl (C=O) groups is 1. The van der Waals surface area contributed by atoms with E-state index in [0.717, 1.165) is 38.3 Å². The molecule has 1 aromatic rings. The highest BCUT2D eigenvalue weighted by molar-refractivity contribution is 5.86. The average Bonchev–Trinajstić information content (AvgIpc) is 2.61. The molecule has 2 fully saturated rings. The van der Waals surface area contributed by atoms with Gasteiger partial charge in [-0.15, -0.1) is 0 Å². The maximum absolute atomic E-state index is 13.9. The first-order valence-electron chi connectivity index (χ1n) is 9.86. The molecule has 2 heterocycles. The molecule has 1 amide bonds. The Balaban J connectivity index is 1.62. The molecule has 26 heavy (non-hydrogen) atoms. The fraction of sp³-hybridized carbons (Fsp3) is 0.667. The third-order valence-corrected chi connectivity index (χ3v) is 6.08. The maximum atomic E-state index is 13.9. The highest BCUT2D eigenvalue weighted by Crippen LogP contribution is 2.29. The van der Waals surface area contributed by atoms with Crippen molar-refractivity contribution < 1.29 is 14.3 Å². The fourth-order valence-corrected chi connectivity index (χ4v) is 4.34. The molecular formula is C21H31FN2O2. The highest BCUT2D eigenvalue weighted by Gasteiger charge is 2.43. The van der Waals surface area contributed by atoms with Gasteiger partial charge in [0.1, 0.15) is 5.82 Å². The van der Waals surface area contributed by atoms with Crippen molar-refractivity contribution in [2.24, 2.45) is 11.8 Å². The van der Waals surface area contributed by atoms with Gasteiger partial charge in [0.2, 0.25) is 0 Å². The molecule has 1 atom stereocenters. The van der Waals surface area contributed by atoms with Crippen molar-refractivity contribution >= 4 is 5.91 Å². The van der Waals surface area contributed by atoms with E-state index in [4.69, 9.17) is 0 Å². The summed E-state index contributed by atoms with van der Waals surface area (Å²) in [7, 11) is 0. The first-order chi connectivity index (χ1) is 12.4. The fourth-order valence-electron chi connectivity index (χ4n) is 4.34. The number of carbonyl (C=O) groups excluding carboxylic acids is 1. The van der Waals surface area contributed by atoms with Crippen molar-refractivity contribution in [1.82, 2.24) is 9.80 Å². The Labute approximate surface area is 156 Å². The summed E-state index contributed by atoms with van der Waals surface area (Å²) in [5.74, 6) is 0.872. The molecule has 0 radical (unpaired) electrons. The van der Waals surface area contributed by atoms with Gasteiger partial charge in [-0.05, 0) is 56.7 Å². The van der Waals surface area contributed by atoms with Crippen molar-refractivity contribution in [2.75, 3.05) is 26.2 Å². The summed E-state index contributed by atoms with van der Waals surface area (Å²) in [5, 5.41) is 11.1. The van der Waals surface area contributed by atoms with Crippen LogP contribution < -0.4 is 0 Å². The second-order valence-electron chi connectivity index (χ2n) is 8.31. The topological polar surface area (TPSA) is 43.8 Å². The van der Waals surface area contributed by atoms with Crippen LogP contribution in [0, 0.1) is 17.7 Å². The van der Waals surface area contributed by atoms with Crippen LogP contribution in [0.3, 0.4) is 0 Å². The minimum absolute atomic E-state index is 0.225. The number of hydrogen-bond donors (Lipinski definition) is 1. The van der Waals surface area contributed by atoms with Gasteiger partial charge in [0.15, 0.2) is 5.60 Å². The lowest BCUT2D eigenvalue weighted by atomic mass is 9.85. The van der Waals surface area contributed by atoms with Crippen LogP contribution in [-0.2, 0) is 11.3 Å². The van der Waals surface area contributed by atoms with E-state index in [-0.39, 0.29) is 18.3 Å². The molecule has 0 unspecified atom stereocenters. The predicted molar refractivity (Wildman–Crippen MR) is 100 cm³/mol. The number of nitrogens with zero attached hydrogens (tertiary/aromatic N) is 2. The van der Waals surface area contributed by atoms with Gasteiger partial charge in [0, 0.05) is 25.2 Å². The first kappa shape index (κ1) is 19.3. The van der Waals surface area contributed by atoms with Crippen molar-refractivity contribution in [3.63, 3.8) is 0 Å². The van der Waals surface area contributed by atoms with E-state index in [1.54, 1.807) is 23.1 Å². The van der Waals surface area contributed by atoms with Crippen molar-refractivity contribution in [3.8, 4) is 0 Å². The Morgan fingerprint density at radius 1 is 1.23 bits per heavy atom. The Morgan fingerprint density at radius 2 is 1.92 bits per heavy atom. The van der Waals surface area contributed by atoms with Crippen LogP contribution in [-0.4, -0.2) is 52.6 Å². The molecule has 5 heteroatoms.